The highest BCUT2D eigenvalue weighted by molar-refractivity contribution is 7.89. The molecule has 1 aromatic rings. The molecule has 1 saturated heterocycles. The van der Waals surface area contributed by atoms with E-state index in [2.05, 4.69) is 9.62 Å². The minimum Gasteiger partial charge on any atom is -0.377 e. The number of nitrogens with zero attached hydrogens (tertiary/aromatic N) is 1. The van der Waals surface area contributed by atoms with Gasteiger partial charge in [0.15, 0.2) is 0 Å². The first-order valence-corrected chi connectivity index (χ1v) is 7.88. The number of hydrogen-bond donors (Lipinski definition) is 1. The van der Waals surface area contributed by atoms with Gasteiger partial charge in [0.1, 0.15) is 0 Å². The summed E-state index contributed by atoms with van der Waals surface area (Å²) in [5.74, 6) is 0. The molecule has 0 amide bonds. The molecule has 0 spiro atoms. The number of benzene rings is 1. The van der Waals surface area contributed by atoms with E-state index in [9.17, 15) is 8.42 Å². The summed E-state index contributed by atoms with van der Waals surface area (Å²) in [5.41, 5.74) is 0.803. The maximum absolute atomic E-state index is 11.9. The van der Waals surface area contributed by atoms with Crippen molar-refractivity contribution in [2.24, 2.45) is 0 Å². The molecule has 0 aliphatic carbocycles. The zero-order chi connectivity index (χ0) is 14.0. The van der Waals surface area contributed by atoms with Gasteiger partial charge in [0.05, 0.1) is 18.1 Å². The lowest BCUT2D eigenvalue weighted by Crippen LogP contribution is -2.43. The molecule has 1 atom stereocenters. The number of nitrogens with one attached hydrogen (secondary N) is 1. The number of halogens is 1. The van der Waals surface area contributed by atoms with Crippen molar-refractivity contribution in [2.45, 2.75) is 17.9 Å². The van der Waals surface area contributed by atoms with Crippen LogP contribution in [0.4, 0.5) is 5.69 Å². The lowest BCUT2D eigenvalue weighted by atomic mass is 10.2. The normalized spacial score (nSPS) is 20.6. The first-order valence-electron chi connectivity index (χ1n) is 6.02. The SMILES string of the molecule is CNS(=O)(=O)c1cc(Cl)cc(N2CCOCC2C)c1. The highest BCUT2D eigenvalue weighted by atomic mass is 35.5. The minimum atomic E-state index is -3.49. The fourth-order valence-corrected chi connectivity index (χ4v) is 3.19. The Morgan fingerprint density at radius 3 is 2.79 bits per heavy atom. The summed E-state index contributed by atoms with van der Waals surface area (Å²) in [5, 5.41) is 0.407. The smallest absolute Gasteiger partial charge is 0.240 e. The van der Waals surface area contributed by atoms with Crippen molar-refractivity contribution in [3.8, 4) is 0 Å². The molecule has 0 radical (unpaired) electrons. The van der Waals surface area contributed by atoms with Crippen molar-refractivity contribution < 1.29 is 13.2 Å². The van der Waals surface area contributed by atoms with Crippen LogP contribution < -0.4 is 9.62 Å². The monoisotopic (exact) mass is 304 g/mol. The van der Waals surface area contributed by atoms with Crippen LogP contribution in [-0.4, -0.2) is 41.3 Å². The van der Waals surface area contributed by atoms with E-state index >= 15 is 0 Å². The molecule has 106 valence electrons. The molecule has 1 aromatic carbocycles. The molecule has 1 heterocycles. The second-order valence-corrected chi connectivity index (χ2v) is 6.79. The van der Waals surface area contributed by atoms with Crippen molar-refractivity contribution in [2.75, 3.05) is 31.7 Å². The van der Waals surface area contributed by atoms with E-state index in [1.807, 2.05) is 6.92 Å². The molecular weight excluding hydrogens is 288 g/mol. The van der Waals surface area contributed by atoms with Crippen molar-refractivity contribution in [1.82, 2.24) is 4.72 Å². The van der Waals surface area contributed by atoms with Gasteiger partial charge in [-0.3, -0.25) is 0 Å². The summed E-state index contributed by atoms with van der Waals surface area (Å²) < 4.78 is 31.4. The van der Waals surface area contributed by atoms with E-state index in [1.165, 1.54) is 13.1 Å². The fourth-order valence-electron chi connectivity index (χ4n) is 2.10. The van der Waals surface area contributed by atoms with Gasteiger partial charge in [-0.2, -0.15) is 0 Å². The summed E-state index contributed by atoms with van der Waals surface area (Å²) in [6.07, 6.45) is 0. The van der Waals surface area contributed by atoms with E-state index in [0.717, 1.165) is 12.2 Å². The van der Waals surface area contributed by atoms with Crippen LogP contribution in [0.2, 0.25) is 5.02 Å². The molecule has 0 saturated carbocycles. The summed E-state index contributed by atoms with van der Waals surface area (Å²) in [6.45, 7) is 4.01. The molecule has 5 nitrogen and oxygen atoms in total. The third-order valence-electron chi connectivity index (χ3n) is 3.13. The van der Waals surface area contributed by atoms with Crippen LogP contribution in [0.25, 0.3) is 0 Å². The van der Waals surface area contributed by atoms with Crippen LogP contribution in [0, 0.1) is 0 Å². The second-order valence-electron chi connectivity index (χ2n) is 4.47. The summed E-state index contributed by atoms with van der Waals surface area (Å²) in [7, 11) is -2.11. The minimum absolute atomic E-state index is 0.177. The molecule has 1 fully saturated rings. The predicted molar refractivity (Wildman–Crippen MR) is 75.3 cm³/mol. The lowest BCUT2D eigenvalue weighted by Gasteiger charge is -2.35. The van der Waals surface area contributed by atoms with Crippen LogP contribution in [0.1, 0.15) is 6.92 Å². The molecule has 0 aromatic heterocycles. The van der Waals surface area contributed by atoms with E-state index in [4.69, 9.17) is 16.3 Å². The van der Waals surface area contributed by atoms with Gasteiger partial charge in [-0.15, -0.1) is 0 Å². The average molecular weight is 305 g/mol. The number of sulfonamides is 1. The molecular formula is C12H17ClN2O3S. The van der Waals surface area contributed by atoms with Crippen LogP contribution >= 0.6 is 11.6 Å². The second kappa shape index (κ2) is 5.66. The number of morpholine rings is 1. The average Bonchev–Trinajstić information content (AvgIpc) is 2.38. The predicted octanol–water partition coefficient (Wildman–Crippen LogP) is 1.47. The zero-order valence-corrected chi connectivity index (χ0v) is 12.5. The molecule has 0 bridgehead atoms. The molecule has 1 unspecified atom stereocenters. The third kappa shape index (κ3) is 3.20. The first kappa shape index (κ1) is 14.6. The van der Waals surface area contributed by atoms with Gasteiger partial charge in [0.2, 0.25) is 10.0 Å². The van der Waals surface area contributed by atoms with Crippen molar-refractivity contribution in [1.29, 1.82) is 0 Å². The molecule has 2 rings (SSSR count). The standard InChI is InChI=1S/C12H17ClN2O3S/c1-9-8-18-4-3-15(9)11-5-10(13)6-12(7-11)19(16,17)14-2/h5-7,9,14H,3-4,8H2,1-2H3. The van der Waals surface area contributed by atoms with Crippen molar-refractivity contribution >= 4 is 27.3 Å². The van der Waals surface area contributed by atoms with Gasteiger partial charge < -0.3 is 9.64 Å². The van der Waals surface area contributed by atoms with Crippen LogP contribution in [-0.2, 0) is 14.8 Å². The highest BCUT2D eigenvalue weighted by Crippen LogP contribution is 2.27. The van der Waals surface area contributed by atoms with E-state index < -0.39 is 10.0 Å². The molecule has 1 N–H and O–H groups in total. The van der Waals surface area contributed by atoms with Crippen LogP contribution in [0.15, 0.2) is 23.1 Å². The Morgan fingerprint density at radius 1 is 1.42 bits per heavy atom. The maximum Gasteiger partial charge on any atom is 0.240 e. The Hall–Kier alpha value is -0.820. The Kier molecular flexibility index (Phi) is 4.35. The molecule has 19 heavy (non-hydrogen) atoms. The van der Waals surface area contributed by atoms with Gasteiger partial charge in [-0.05, 0) is 32.2 Å². The Balaban J connectivity index is 2.41. The number of rotatable bonds is 3. The van der Waals surface area contributed by atoms with Crippen LogP contribution in [0.5, 0.6) is 0 Å². The van der Waals surface area contributed by atoms with Gasteiger partial charge in [-0.25, -0.2) is 13.1 Å². The van der Waals surface area contributed by atoms with E-state index in [1.54, 1.807) is 12.1 Å². The molecule has 7 heteroatoms. The Labute approximate surface area is 118 Å². The maximum atomic E-state index is 11.9. The van der Waals surface area contributed by atoms with Crippen molar-refractivity contribution in [3.05, 3.63) is 23.2 Å². The van der Waals surface area contributed by atoms with Gasteiger partial charge in [0.25, 0.3) is 0 Å². The van der Waals surface area contributed by atoms with Gasteiger partial charge in [-0.1, -0.05) is 11.6 Å². The number of ether oxygens (including phenoxy) is 1. The highest BCUT2D eigenvalue weighted by Gasteiger charge is 2.21. The number of anilines is 1. The molecule has 1 aliphatic heterocycles. The summed E-state index contributed by atoms with van der Waals surface area (Å²) in [4.78, 5) is 2.28. The lowest BCUT2D eigenvalue weighted by molar-refractivity contribution is 0.0989. The zero-order valence-electron chi connectivity index (χ0n) is 10.9. The van der Waals surface area contributed by atoms with E-state index in [0.29, 0.717) is 18.2 Å². The van der Waals surface area contributed by atoms with E-state index in [-0.39, 0.29) is 10.9 Å². The molecule has 1 aliphatic rings. The Morgan fingerprint density at radius 2 is 2.16 bits per heavy atom. The fraction of sp³-hybridized carbons (Fsp3) is 0.500. The largest absolute Gasteiger partial charge is 0.377 e. The first-order chi connectivity index (χ1) is 8.94. The Bertz CT molecular complexity index is 562. The summed E-state index contributed by atoms with van der Waals surface area (Å²) >= 11 is 6.03. The van der Waals surface area contributed by atoms with Gasteiger partial charge in [0, 0.05) is 23.3 Å². The van der Waals surface area contributed by atoms with Crippen LogP contribution in [0.3, 0.4) is 0 Å². The number of hydrogen-bond acceptors (Lipinski definition) is 4. The van der Waals surface area contributed by atoms with Gasteiger partial charge >= 0.3 is 0 Å². The van der Waals surface area contributed by atoms with Crippen molar-refractivity contribution in [3.63, 3.8) is 0 Å². The third-order valence-corrected chi connectivity index (χ3v) is 4.75. The topological polar surface area (TPSA) is 58.6 Å². The quantitative estimate of drug-likeness (QED) is 0.919. The summed E-state index contributed by atoms with van der Waals surface area (Å²) in [6, 6.07) is 5.05.